The molecule has 11 heteroatoms. The second-order valence-corrected chi connectivity index (χ2v) is 7.01. The minimum absolute atomic E-state index is 0.238. The summed E-state index contributed by atoms with van der Waals surface area (Å²) in [4.78, 5) is 28.6. The summed E-state index contributed by atoms with van der Waals surface area (Å²) < 4.78 is 20.7. The van der Waals surface area contributed by atoms with Gasteiger partial charge in [-0.05, 0) is 25.1 Å². The Morgan fingerprint density at radius 2 is 1.59 bits per heavy atom. The summed E-state index contributed by atoms with van der Waals surface area (Å²) in [5.41, 5.74) is 1.66. The highest BCUT2D eigenvalue weighted by Gasteiger charge is 2.17. The van der Waals surface area contributed by atoms with Crippen LogP contribution < -0.4 is 24.8 Å². The number of hydrogen-bond acceptors (Lipinski definition) is 10. The number of hydrogen-bond donors (Lipinski definition) is 2. The van der Waals surface area contributed by atoms with Crippen molar-refractivity contribution < 1.29 is 28.5 Å². The molecular formula is C23H25N5O6. The third-order valence-corrected chi connectivity index (χ3v) is 4.84. The number of carbonyl (C=O) groups excluding carboxylic acids is 2. The molecule has 0 bridgehead atoms. The normalized spacial score (nSPS) is 11.2. The maximum absolute atomic E-state index is 12.6. The first-order valence-electron chi connectivity index (χ1n) is 10.2. The van der Waals surface area contributed by atoms with Crippen LogP contribution in [0.3, 0.4) is 0 Å². The summed E-state index contributed by atoms with van der Waals surface area (Å²) in [5, 5.41) is 14.1. The largest absolute Gasteiger partial charge is 0.493 e. The van der Waals surface area contributed by atoms with E-state index in [1.807, 2.05) is 0 Å². The monoisotopic (exact) mass is 467 g/mol. The minimum Gasteiger partial charge on any atom is -0.493 e. The van der Waals surface area contributed by atoms with E-state index in [9.17, 15) is 9.59 Å². The average molecular weight is 467 g/mol. The number of esters is 1. The lowest BCUT2D eigenvalue weighted by molar-refractivity contribution is 0.0600. The van der Waals surface area contributed by atoms with Crippen LogP contribution >= 0.6 is 0 Å². The summed E-state index contributed by atoms with van der Waals surface area (Å²) in [6.07, 6.45) is 1.50. The standard InChI is InChI=1S/C23H25N5O6/c1-13(25-21(29)14-7-6-8-15(9-14)22(30)34-5)17-12-24-23(28-27-17)26-16-10-18(31-2)20(33-4)19(11-16)32-3/h6-13H,1-5H3,(H,25,29)(H,24,26,28). The van der Waals surface area contributed by atoms with Gasteiger partial charge in [0.2, 0.25) is 11.7 Å². The Labute approximate surface area is 196 Å². The number of carbonyl (C=O) groups is 2. The Hall–Kier alpha value is -4.41. The van der Waals surface area contributed by atoms with E-state index in [1.165, 1.54) is 40.7 Å². The lowest BCUT2D eigenvalue weighted by atomic mass is 10.1. The molecule has 0 aliphatic carbocycles. The quantitative estimate of drug-likeness (QED) is 0.452. The van der Waals surface area contributed by atoms with Crippen LogP contribution in [0.5, 0.6) is 17.2 Å². The van der Waals surface area contributed by atoms with Gasteiger partial charge in [0.25, 0.3) is 5.91 Å². The smallest absolute Gasteiger partial charge is 0.337 e. The summed E-state index contributed by atoms with van der Waals surface area (Å²) in [6.45, 7) is 1.75. The number of ether oxygens (including phenoxy) is 4. The highest BCUT2D eigenvalue weighted by atomic mass is 16.5. The van der Waals surface area contributed by atoms with Crippen LogP contribution in [0.15, 0.2) is 42.6 Å². The van der Waals surface area contributed by atoms with Crippen molar-refractivity contribution in [3.8, 4) is 17.2 Å². The molecule has 0 radical (unpaired) electrons. The third-order valence-electron chi connectivity index (χ3n) is 4.84. The van der Waals surface area contributed by atoms with Crippen LogP contribution in [0.25, 0.3) is 0 Å². The number of nitrogens with zero attached hydrogens (tertiary/aromatic N) is 3. The van der Waals surface area contributed by atoms with E-state index in [1.54, 1.807) is 37.3 Å². The van der Waals surface area contributed by atoms with E-state index >= 15 is 0 Å². The van der Waals surface area contributed by atoms with Gasteiger partial charge in [0.1, 0.15) is 5.69 Å². The Bertz CT molecular complexity index is 1140. The average Bonchev–Trinajstić information content (AvgIpc) is 2.87. The molecule has 0 aliphatic heterocycles. The summed E-state index contributed by atoms with van der Waals surface area (Å²) >= 11 is 0. The Kier molecular flexibility index (Phi) is 7.80. The summed E-state index contributed by atoms with van der Waals surface area (Å²) in [6, 6.07) is 9.18. The van der Waals surface area contributed by atoms with Gasteiger partial charge in [-0.25, -0.2) is 9.78 Å². The zero-order valence-corrected chi connectivity index (χ0v) is 19.4. The number of nitrogens with one attached hydrogen (secondary N) is 2. The van der Waals surface area contributed by atoms with Crippen molar-refractivity contribution in [1.82, 2.24) is 20.5 Å². The fourth-order valence-corrected chi connectivity index (χ4v) is 3.08. The third kappa shape index (κ3) is 5.49. The highest BCUT2D eigenvalue weighted by Crippen LogP contribution is 2.40. The van der Waals surface area contributed by atoms with Gasteiger partial charge < -0.3 is 29.6 Å². The maximum atomic E-state index is 12.6. The molecule has 1 atom stereocenters. The van der Waals surface area contributed by atoms with Gasteiger partial charge in [0.15, 0.2) is 11.5 Å². The number of benzene rings is 2. The van der Waals surface area contributed by atoms with E-state index in [4.69, 9.17) is 14.2 Å². The molecule has 178 valence electrons. The number of anilines is 2. The molecule has 2 aromatic carbocycles. The van der Waals surface area contributed by atoms with Gasteiger partial charge in [-0.1, -0.05) is 6.07 Å². The molecule has 0 saturated heterocycles. The molecule has 0 aliphatic rings. The van der Waals surface area contributed by atoms with E-state index in [2.05, 4.69) is 30.6 Å². The van der Waals surface area contributed by atoms with Gasteiger partial charge in [0, 0.05) is 23.4 Å². The number of amides is 1. The van der Waals surface area contributed by atoms with Crippen molar-refractivity contribution in [1.29, 1.82) is 0 Å². The molecule has 34 heavy (non-hydrogen) atoms. The lowest BCUT2D eigenvalue weighted by Crippen LogP contribution is -2.27. The Morgan fingerprint density at radius 1 is 0.912 bits per heavy atom. The van der Waals surface area contributed by atoms with Crippen LogP contribution in [-0.2, 0) is 4.74 Å². The molecule has 0 spiro atoms. The van der Waals surface area contributed by atoms with E-state index in [0.29, 0.717) is 34.2 Å². The van der Waals surface area contributed by atoms with Crippen LogP contribution in [0.4, 0.5) is 11.6 Å². The molecule has 0 fully saturated rings. The molecule has 1 aromatic heterocycles. The van der Waals surface area contributed by atoms with Crippen LogP contribution in [0.1, 0.15) is 39.4 Å². The number of rotatable bonds is 9. The molecule has 3 aromatic rings. The predicted octanol–water partition coefficient (Wildman–Crippen LogP) is 2.92. The number of aromatic nitrogens is 3. The Balaban J connectivity index is 1.70. The lowest BCUT2D eigenvalue weighted by Gasteiger charge is -2.15. The predicted molar refractivity (Wildman–Crippen MR) is 123 cm³/mol. The first-order valence-corrected chi connectivity index (χ1v) is 10.2. The van der Waals surface area contributed by atoms with Crippen LogP contribution in [0, 0.1) is 0 Å². The van der Waals surface area contributed by atoms with Crippen molar-refractivity contribution in [2.24, 2.45) is 0 Å². The summed E-state index contributed by atoms with van der Waals surface area (Å²) in [5.74, 6) is 0.754. The van der Waals surface area contributed by atoms with E-state index in [-0.39, 0.29) is 17.4 Å². The molecule has 2 N–H and O–H groups in total. The molecule has 1 heterocycles. The van der Waals surface area contributed by atoms with Gasteiger partial charge in [0.05, 0.1) is 46.2 Å². The molecule has 1 unspecified atom stereocenters. The Morgan fingerprint density at radius 3 is 2.15 bits per heavy atom. The molecule has 0 saturated carbocycles. The van der Waals surface area contributed by atoms with E-state index in [0.717, 1.165) is 0 Å². The summed E-state index contributed by atoms with van der Waals surface area (Å²) in [7, 11) is 5.85. The fraction of sp³-hybridized carbons (Fsp3) is 0.261. The molecule has 11 nitrogen and oxygen atoms in total. The highest BCUT2D eigenvalue weighted by molar-refractivity contribution is 5.98. The number of methoxy groups -OCH3 is 4. The van der Waals surface area contributed by atoms with Gasteiger partial charge in [-0.15, -0.1) is 10.2 Å². The van der Waals surface area contributed by atoms with Crippen molar-refractivity contribution >= 4 is 23.5 Å². The zero-order chi connectivity index (χ0) is 24.7. The van der Waals surface area contributed by atoms with Crippen LogP contribution in [-0.4, -0.2) is 55.5 Å². The zero-order valence-electron chi connectivity index (χ0n) is 19.4. The SMILES string of the molecule is COC(=O)c1cccc(C(=O)NC(C)c2cnc(Nc3cc(OC)c(OC)c(OC)c3)nn2)c1. The van der Waals surface area contributed by atoms with Gasteiger partial charge in [-0.2, -0.15) is 0 Å². The van der Waals surface area contributed by atoms with Crippen molar-refractivity contribution in [3.05, 3.63) is 59.4 Å². The first kappa shape index (κ1) is 24.2. The molecule has 1 amide bonds. The van der Waals surface area contributed by atoms with E-state index < -0.39 is 12.0 Å². The van der Waals surface area contributed by atoms with Crippen molar-refractivity contribution in [2.45, 2.75) is 13.0 Å². The van der Waals surface area contributed by atoms with Crippen molar-refractivity contribution in [3.63, 3.8) is 0 Å². The molecule has 3 rings (SSSR count). The van der Waals surface area contributed by atoms with Gasteiger partial charge >= 0.3 is 5.97 Å². The minimum atomic E-state index is -0.520. The van der Waals surface area contributed by atoms with Crippen LogP contribution in [0.2, 0.25) is 0 Å². The van der Waals surface area contributed by atoms with Gasteiger partial charge in [-0.3, -0.25) is 4.79 Å². The maximum Gasteiger partial charge on any atom is 0.337 e. The second-order valence-electron chi connectivity index (χ2n) is 7.01. The molecular weight excluding hydrogens is 442 g/mol. The topological polar surface area (TPSA) is 134 Å². The first-order chi connectivity index (χ1) is 16.4. The second kappa shape index (κ2) is 10.9. The van der Waals surface area contributed by atoms with Crippen molar-refractivity contribution in [2.75, 3.05) is 33.8 Å². The fourth-order valence-electron chi connectivity index (χ4n) is 3.08.